The summed E-state index contributed by atoms with van der Waals surface area (Å²) in [7, 11) is 0. The van der Waals surface area contributed by atoms with Crippen molar-refractivity contribution >= 4 is 16.9 Å². The molecule has 4 heteroatoms. The molecule has 4 nitrogen and oxygen atoms in total. The van der Waals surface area contributed by atoms with E-state index in [4.69, 9.17) is 4.98 Å². The van der Waals surface area contributed by atoms with Crippen molar-refractivity contribution in [3.05, 3.63) is 77.5 Å². The third kappa shape index (κ3) is 3.26. The van der Waals surface area contributed by atoms with Crippen molar-refractivity contribution in [1.29, 1.82) is 0 Å². The number of fused-ring (bicyclic) bond motifs is 1. The van der Waals surface area contributed by atoms with Gasteiger partial charge in [-0.2, -0.15) is 0 Å². The molecule has 0 saturated carbocycles. The van der Waals surface area contributed by atoms with Gasteiger partial charge in [0.1, 0.15) is 0 Å². The molecule has 1 fully saturated rings. The summed E-state index contributed by atoms with van der Waals surface area (Å²) >= 11 is 0. The monoisotopic (exact) mass is 332 g/mol. The molecular formula is C21H20N2O2. The lowest BCUT2D eigenvalue weighted by Crippen LogP contribution is -2.20. The molecule has 0 amide bonds. The van der Waals surface area contributed by atoms with E-state index >= 15 is 0 Å². The van der Waals surface area contributed by atoms with Crippen molar-refractivity contribution in [2.45, 2.75) is 18.9 Å². The van der Waals surface area contributed by atoms with Crippen LogP contribution in [-0.4, -0.2) is 34.0 Å². The maximum Gasteiger partial charge on any atom is 0.335 e. The fourth-order valence-corrected chi connectivity index (χ4v) is 3.70. The maximum atomic E-state index is 11.5. The van der Waals surface area contributed by atoms with Crippen LogP contribution in [0.3, 0.4) is 0 Å². The average Bonchev–Trinajstić information content (AvgIpc) is 3.10. The van der Waals surface area contributed by atoms with Crippen molar-refractivity contribution < 1.29 is 9.90 Å². The number of likely N-dealkylation sites (tertiary alicyclic amines) is 1. The molecule has 1 aromatic heterocycles. The first-order valence-electron chi connectivity index (χ1n) is 8.60. The number of carboxylic acids is 1. The van der Waals surface area contributed by atoms with Crippen LogP contribution in [0, 0.1) is 0 Å². The number of rotatable bonds is 4. The quantitative estimate of drug-likeness (QED) is 0.787. The third-order valence-corrected chi connectivity index (χ3v) is 4.95. The number of aromatic nitrogens is 1. The zero-order valence-corrected chi connectivity index (χ0v) is 13.9. The second-order valence-corrected chi connectivity index (χ2v) is 6.61. The van der Waals surface area contributed by atoms with Gasteiger partial charge in [0.2, 0.25) is 0 Å². The van der Waals surface area contributed by atoms with Crippen molar-refractivity contribution in [2.75, 3.05) is 13.1 Å². The number of benzene rings is 2. The molecule has 2 aromatic carbocycles. The Morgan fingerprint density at radius 2 is 1.88 bits per heavy atom. The Bertz CT molecular complexity index is 922. The highest BCUT2D eigenvalue weighted by molar-refractivity contribution is 5.89. The van der Waals surface area contributed by atoms with Crippen LogP contribution in [0.2, 0.25) is 0 Å². The molecule has 0 radical (unpaired) electrons. The second kappa shape index (κ2) is 6.65. The summed E-state index contributed by atoms with van der Waals surface area (Å²) in [5.41, 5.74) is 3.46. The van der Waals surface area contributed by atoms with E-state index < -0.39 is 5.97 Å². The normalized spacial score (nSPS) is 17.8. The Morgan fingerprint density at radius 1 is 1.08 bits per heavy atom. The van der Waals surface area contributed by atoms with Gasteiger partial charge in [-0.25, -0.2) is 4.79 Å². The van der Waals surface area contributed by atoms with Gasteiger partial charge in [-0.1, -0.05) is 42.5 Å². The van der Waals surface area contributed by atoms with Gasteiger partial charge in [0, 0.05) is 18.5 Å². The summed E-state index contributed by atoms with van der Waals surface area (Å²) in [6.45, 7) is 2.64. The van der Waals surface area contributed by atoms with Crippen molar-refractivity contribution in [1.82, 2.24) is 9.88 Å². The van der Waals surface area contributed by atoms with Crippen LogP contribution >= 0.6 is 0 Å². The van der Waals surface area contributed by atoms with E-state index in [-0.39, 0.29) is 5.92 Å². The first-order chi connectivity index (χ1) is 12.2. The Morgan fingerprint density at radius 3 is 2.76 bits per heavy atom. The summed E-state index contributed by atoms with van der Waals surface area (Å²) in [5.74, 6) is -0.571. The molecule has 1 N–H and O–H groups in total. The lowest BCUT2D eigenvalue weighted by molar-refractivity contribution is 0.0695. The maximum absolute atomic E-state index is 11.5. The molecule has 0 aliphatic carbocycles. The van der Waals surface area contributed by atoms with E-state index in [1.807, 2.05) is 30.3 Å². The zero-order chi connectivity index (χ0) is 17.2. The number of carboxylic acid groups (broad SMARTS) is 1. The highest BCUT2D eigenvalue weighted by Gasteiger charge is 2.27. The van der Waals surface area contributed by atoms with E-state index in [0.29, 0.717) is 5.56 Å². The molecule has 4 rings (SSSR count). The number of nitrogens with zero attached hydrogens (tertiary/aromatic N) is 2. The Hall–Kier alpha value is -2.72. The van der Waals surface area contributed by atoms with Crippen molar-refractivity contribution in [3.63, 3.8) is 0 Å². The summed E-state index contributed by atoms with van der Waals surface area (Å²) in [6, 6.07) is 19.7. The fourth-order valence-electron chi connectivity index (χ4n) is 3.70. The fraction of sp³-hybridized carbons (Fsp3) is 0.238. The van der Waals surface area contributed by atoms with Crippen molar-refractivity contribution in [2.24, 2.45) is 0 Å². The molecule has 1 unspecified atom stereocenters. The number of para-hydroxylation sites is 1. The predicted molar refractivity (Wildman–Crippen MR) is 97.8 cm³/mol. The zero-order valence-electron chi connectivity index (χ0n) is 13.9. The Balaban J connectivity index is 1.50. The largest absolute Gasteiger partial charge is 0.478 e. The lowest BCUT2D eigenvalue weighted by Gasteiger charge is -2.17. The number of pyridine rings is 1. The van der Waals surface area contributed by atoms with Crippen LogP contribution in [0.15, 0.2) is 60.7 Å². The highest BCUT2D eigenvalue weighted by atomic mass is 16.4. The van der Waals surface area contributed by atoms with E-state index in [2.05, 4.69) is 23.1 Å². The first kappa shape index (κ1) is 15.8. The van der Waals surface area contributed by atoms with Crippen LogP contribution in [0.25, 0.3) is 10.9 Å². The van der Waals surface area contributed by atoms with Gasteiger partial charge in [-0.05, 0) is 42.6 Å². The molecule has 1 atom stereocenters. The topological polar surface area (TPSA) is 53.4 Å². The number of hydrogen-bond acceptors (Lipinski definition) is 3. The molecule has 1 aliphatic heterocycles. The van der Waals surface area contributed by atoms with E-state index in [1.54, 1.807) is 12.1 Å². The molecule has 0 spiro atoms. The number of aromatic carboxylic acids is 1. The molecule has 1 saturated heterocycles. The highest BCUT2D eigenvalue weighted by Crippen LogP contribution is 2.30. The number of hydrogen-bond donors (Lipinski definition) is 1. The molecule has 25 heavy (non-hydrogen) atoms. The van der Waals surface area contributed by atoms with Crippen LogP contribution in [0.1, 0.15) is 34.0 Å². The van der Waals surface area contributed by atoms with Gasteiger partial charge in [-0.15, -0.1) is 0 Å². The third-order valence-electron chi connectivity index (χ3n) is 4.95. The van der Waals surface area contributed by atoms with Crippen LogP contribution in [0.4, 0.5) is 0 Å². The van der Waals surface area contributed by atoms with Gasteiger partial charge in [0.25, 0.3) is 0 Å². The molecular weight excluding hydrogens is 312 g/mol. The minimum atomic E-state index is -0.842. The van der Waals surface area contributed by atoms with Crippen LogP contribution in [0.5, 0.6) is 0 Å². The van der Waals surface area contributed by atoms with E-state index in [1.165, 1.54) is 0 Å². The van der Waals surface area contributed by atoms with Crippen LogP contribution in [-0.2, 0) is 6.54 Å². The Labute approximate surface area is 146 Å². The predicted octanol–water partition coefficient (Wildman–Crippen LogP) is 3.92. The molecule has 1 aliphatic rings. The van der Waals surface area contributed by atoms with Crippen LogP contribution < -0.4 is 0 Å². The van der Waals surface area contributed by atoms with E-state index in [9.17, 15) is 9.90 Å². The van der Waals surface area contributed by atoms with Gasteiger partial charge < -0.3 is 5.11 Å². The SMILES string of the molecule is O=C(O)c1ccccc1C1CCN(Cc2ccc3ccccc3n2)C1. The Kier molecular flexibility index (Phi) is 4.20. The molecule has 0 bridgehead atoms. The second-order valence-electron chi connectivity index (χ2n) is 6.61. The molecule has 2 heterocycles. The first-order valence-corrected chi connectivity index (χ1v) is 8.60. The summed E-state index contributed by atoms with van der Waals surface area (Å²) in [4.78, 5) is 18.6. The summed E-state index contributed by atoms with van der Waals surface area (Å²) in [6.07, 6.45) is 0.984. The standard InChI is InChI=1S/C21H20N2O2/c24-21(25)19-7-3-2-6-18(19)16-11-12-23(13-16)14-17-10-9-15-5-1-4-8-20(15)22-17/h1-10,16H,11-14H2,(H,24,25). The van der Waals surface area contributed by atoms with Gasteiger partial charge in [0.15, 0.2) is 0 Å². The average molecular weight is 332 g/mol. The lowest BCUT2D eigenvalue weighted by atomic mass is 9.93. The van der Waals surface area contributed by atoms with Gasteiger partial charge in [-0.3, -0.25) is 9.88 Å². The van der Waals surface area contributed by atoms with Gasteiger partial charge in [0.05, 0.1) is 16.8 Å². The molecule has 126 valence electrons. The minimum absolute atomic E-state index is 0.271. The smallest absolute Gasteiger partial charge is 0.335 e. The summed E-state index contributed by atoms with van der Waals surface area (Å²) in [5, 5.41) is 10.6. The molecule has 3 aromatic rings. The minimum Gasteiger partial charge on any atom is -0.478 e. The van der Waals surface area contributed by atoms with Gasteiger partial charge >= 0.3 is 5.97 Å². The number of carbonyl (C=O) groups is 1. The van der Waals surface area contributed by atoms with E-state index in [0.717, 1.165) is 48.2 Å². The summed E-state index contributed by atoms with van der Waals surface area (Å²) < 4.78 is 0. The van der Waals surface area contributed by atoms with Crippen molar-refractivity contribution in [3.8, 4) is 0 Å².